The molecule has 3 aromatic rings. The molecule has 24 heteroatoms. The fraction of sp³-hybridized carbons (Fsp3) is 0.500. The van der Waals surface area contributed by atoms with Gasteiger partial charge in [0, 0.05) is 28.3 Å². The maximum absolute atomic E-state index is 14.5. The number of rotatable bonds is 10. The summed E-state index contributed by atoms with van der Waals surface area (Å²) in [5, 5.41) is 136. The number of carbonyl (C=O) groups excluding carboxylic acids is 3. The molecule has 24 nitrogen and oxygen atoms in total. The van der Waals surface area contributed by atoms with E-state index < -0.39 is 191 Å². The van der Waals surface area contributed by atoms with Crippen LogP contribution >= 0.6 is 0 Å². The van der Waals surface area contributed by atoms with Crippen LogP contribution in [-0.4, -0.2) is 191 Å². The topological polar surface area (TPSA) is 390 Å². The number of carbonyl (C=O) groups is 4. The van der Waals surface area contributed by atoms with Crippen LogP contribution in [0.25, 0.3) is 11.1 Å². The van der Waals surface area contributed by atoms with Crippen molar-refractivity contribution < 1.29 is 109 Å². The van der Waals surface area contributed by atoms with Gasteiger partial charge in [0.1, 0.15) is 90.1 Å². The third-order valence-electron chi connectivity index (χ3n) is 12.9. The van der Waals surface area contributed by atoms with E-state index in [-0.39, 0.29) is 22.4 Å². The molecule has 0 radical (unpaired) electrons. The standard InChI is InChI=1S/C44H50N2O22/c1-11-5-18-25(33(55)22(11)40(60)46-12(2)41(61)62)24-16(30(52)38(18)67-44-37(59)39(27(45-4)13(3)65-44)68-43-36(58)32(54)21(49)10-64-43)8-17-26(34(24)56)29(51)15-6-14(7-19(47)23(15)28(17)50)66-42-35(57)31(53)20(48)9-63-42/h5-8,12-13,20-21,27,30-32,35-39,42-45,47-49,52-59H,9-10H2,1-4H3,(H,46,60)(H,61,62)/t12-,13-,20+,21-,27+,30+,31-,32+,35+,36-,37-,38+,39+,42-,43+,44+/m1/s1. The zero-order chi connectivity index (χ0) is 49.5. The number of aryl methyl sites for hydroxylation is 1. The minimum Gasteiger partial charge on any atom is -0.507 e. The van der Waals surface area contributed by atoms with Gasteiger partial charge in [-0.15, -0.1) is 0 Å². The zero-order valence-corrected chi connectivity index (χ0v) is 36.4. The van der Waals surface area contributed by atoms with Crippen LogP contribution in [-0.2, 0) is 28.5 Å². The van der Waals surface area contributed by atoms with Gasteiger partial charge in [-0.1, -0.05) is 6.07 Å². The summed E-state index contributed by atoms with van der Waals surface area (Å²) < 4.78 is 34.7. The lowest BCUT2D eigenvalue weighted by Gasteiger charge is -2.47. The normalized spacial score (nSPS) is 33.7. The number of fused-ring (bicyclic) bond motifs is 5. The molecule has 0 saturated carbocycles. The van der Waals surface area contributed by atoms with Gasteiger partial charge in [-0.3, -0.25) is 19.2 Å². The second kappa shape index (κ2) is 18.5. The van der Waals surface area contributed by atoms with Gasteiger partial charge in [-0.25, -0.2) is 0 Å². The first kappa shape index (κ1) is 49.0. The van der Waals surface area contributed by atoms with Crippen molar-refractivity contribution in [1.29, 1.82) is 0 Å². The van der Waals surface area contributed by atoms with E-state index in [1.54, 1.807) is 6.92 Å². The van der Waals surface area contributed by atoms with Gasteiger partial charge in [0.15, 0.2) is 24.1 Å². The Kier molecular flexibility index (Phi) is 13.3. The minimum atomic E-state index is -1.98. The summed E-state index contributed by atoms with van der Waals surface area (Å²) in [6, 6.07) is 1.83. The molecule has 1 amide bonds. The number of benzene rings is 3. The molecule has 5 aliphatic rings. The molecule has 8 rings (SSSR count). The van der Waals surface area contributed by atoms with E-state index >= 15 is 0 Å². The van der Waals surface area contributed by atoms with Crippen LogP contribution in [0.15, 0.2) is 24.3 Å². The lowest BCUT2D eigenvalue weighted by Crippen LogP contribution is -2.65. The highest BCUT2D eigenvalue weighted by Gasteiger charge is 2.51. The molecule has 3 fully saturated rings. The molecule has 14 N–H and O–H groups in total. The Morgan fingerprint density at radius 2 is 1.31 bits per heavy atom. The largest absolute Gasteiger partial charge is 0.507 e. The van der Waals surface area contributed by atoms with Crippen molar-refractivity contribution in [2.75, 3.05) is 20.3 Å². The molecule has 3 aliphatic heterocycles. The van der Waals surface area contributed by atoms with Crippen LogP contribution in [0, 0.1) is 6.92 Å². The van der Waals surface area contributed by atoms with Gasteiger partial charge < -0.3 is 100 Å². The molecule has 0 spiro atoms. The van der Waals surface area contributed by atoms with Gasteiger partial charge in [0.2, 0.25) is 6.29 Å². The Bertz CT molecular complexity index is 2540. The molecule has 2 aliphatic carbocycles. The van der Waals surface area contributed by atoms with Gasteiger partial charge in [-0.05, 0) is 56.6 Å². The van der Waals surface area contributed by atoms with E-state index in [1.165, 1.54) is 20.0 Å². The summed E-state index contributed by atoms with van der Waals surface area (Å²) in [5.74, 6) is -7.77. The number of nitrogens with one attached hydrogen (secondary N) is 2. The predicted molar refractivity (Wildman–Crippen MR) is 222 cm³/mol. The van der Waals surface area contributed by atoms with Crippen LogP contribution in [0.1, 0.15) is 84.9 Å². The SMILES string of the molecule is CN[C@@H]1[C@H](O[C@@H]2OC[C@@H](O)[C@H](O)[C@H]2O)[C@@H](O)[C@H](O[C@H]2c3cc(C)c(C(=O)N[C@H](C)C(=O)O)c(O)c3-c3c(cc4c(c3O)C(=O)c3cc(O[C@H]5OC[C@H](O)[C@@H](O)[C@@H]5O)cc(O)c3C4=O)[C@@H]2O)O[C@@H]1C. The Morgan fingerprint density at radius 3 is 1.94 bits per heavy atom. The van der Waals surface area contributed by atoms with Crippen LogP contribution in [0.5, 0.6) is 23.0 Å². The average molecular weight is 959 g/mol. The maximum atomic E-state index is 14.5. The number of aliphatic hydroxyl groups excluding tert-OH is 8. The van der Waals surface area contributed by atoms with E-state index in [4.69, 9.17) is 28.4 Å². The van der Waals surface area contributed by atoms with E-state index in [0.29, 0.717) is 0 Å². The number of aromatic hydroxyl groups is 3. The zero-order valence-electron chi connectivity index (χ0n) is 36.4. The highest BCUT2D eigenvalue weighted by Crippen LogP contribution is 2.57. The molecule has 0 aromatic heterocycles. The van der Waals surface area contributed by atoms with Crippen molar-refractivity contribution in [1.82, 2.24) is 10.6 Å². The third kappa shape index (κ3) is 8.14. The van der Waals surface area contributed by atoms with Crippen LogP contribution < -0.4 is 15.4 Å². The van der Waals surface area contributed by atoms with E-state index in [9.17, 15) is 80.5 Å². The number of hydrogen-bond acceptors (Lipinski definition) is 22. The van der Waals surface area contributed by atoms with Gasteiger partial charge in [0.25, 0.3) is 5.91 Å². The average Bonchev–Trinajstić information content (AvgIpc) is 3.28. The second-order valence-corrected chi connectivity index (χ2v) is 17.3. The molecular formula is C44H50N2O22. The van der Waals surface area contributed by atoms with Crippen molar-refractivity contribution in [2.24, 2.45) is 0 Å². The lowest BCUT2D eigenvalue weighted by molar-refractivity contribution is -0.339. The number of phenolic OH excluding ortho intramolecular Hbond substituents is 3. The highest BCUT2D eigenvalue weighted by molar-refractivity contribution is 6.31. The monoisotopic (exact) mass is 958 g/mol. The fourth-order valence-corrected chi connectivity index (χ4v) is 9.26. The predicted octanol–water partition coefficient (Wildman–Crippen LogP) is -2.80. The molecule has 3 aromatic carbocycles. The van der Waals surface area contributed by atoms with Crippen molar-refractivity contribution in [2.45, 2.75) is 119 Å². The van der Waals surface area contributed by atoms with Gasteiger partial charge in [-0.2, -0.15) is 0 Å². The fourth-order valence-electron chi connectivity index (χ4n) is 9.26. The number of amides is 1. The Hall–Kier alpha value is -5.42. The van der Waals surface area contributed by atoms with Crippen molar-refractivity contribution in [3.8, 4) is 34.1 Å². The molecule has 68 heavy (non-hydrogen) atoms. The Morgan fingerprint density at radius 1 is 0.721 bits per heavy atom. The number of likely N-dealkylation sites (N-methyl/N-ethyl adjacent to an activating group) is 1. The first-order valence-electron chi connectivity index (χ1n) is 21.3. The molecule has 16 atom stereocenters. The maximum Gasteiger partial charge on any atom is 0.325 e. The summed E-state index contributed by atoms with van der Waals surface area (Å²) in [7, 11) is 1.51. The highest BCUT2D eigenvalue weighted by atomic mass is 16.7. The number of phenols is 3. The molecule has 3 saturated heterocycles. The molecule has 3 heterocycles. The number of ether oxygens (including phenoxy) is 6. The summed E-state index contributed by atoms with van der Waals surface area (Å²) in [6.45, 7) is 3.18. The van der Waals surface area contributed by atoms with Crippen LogP contribution in [0.3, 0.4) is 0 Å². The third-order valence-corrected chi connectivity index (χ3v) is 12.9. The summed E-state index contributed by atoms with van der Waals surface area (Å²) >= 11 is 0. The Balaban J connectivity index is 1.22. The molecular weight excluding hydrogens is 908 g/mol. The van der Waals surface area contributed by atoms with E-state index in [2.05, 4.69) is 10.6 Å². The number of aliphatic hydroxyl groups is 8. The minimum absolute atomic E-state index is 0.0190. The molecule has 0 unspecified atom stereocenters. The number of aliphatic carboxylic acids is 1. The number of carboxylic acid groups (broad SMARTS) is 1. The first-order valence-corrected chi connectivity index (χ1v) is 21.3. The quantitative estimate of drug-likeness (QED) is 0.0763. The van der Waals surface area contributed by atoms with Crippen LogP contribution in [0.4, 0.5) is 0 Å². The molecule has 0 bridgehead atoms. The summed E-state index contributed by atoms with van der Waals surface area (Å²) in [6.07, 6.45) is -22.6. The second-order valence-electron chi connectivity index (χ2n) is 17.3. The van der Waals surface area contributed by atoms with E-state index in [0.717, 1.165) is 25.1 Å². The summed E-state index contributed by atoms with van der Waals surface area (Å²) in [4.78, 5) is 54.2. The van der Waals surface area contributed by atoms with Crippen molar-refractivity contribution >= 4 is 23.4 Å². The van der Waals surface area contributed by atoms with Crippen molar-refractivity contribution in [3.05, 3.63) is 68.8 Å². The van der Waals surface area contributed by atoms with Gasteiger partial charge in [0.05, 0.1) is 42.0 Å². The number of hydrogen-bond donors (Lipinski definition) is 14. The van der Waals surface area contributed by atoms with Crippen LogP contribution in [0.2, 0.25) is 0 Å². The van der Waals surface area contributed by atoms with E-state index in [1.807, 2.05) is 0 Å². The Labute approximate surface area is 384 Å². The first-order chi connectivity index (χ1) is 32.1. The van der Waals surface area contributed by atoms with Gasteiger partial charge >= 0.3 is 5.97 Å². The number of ketones is 2. The molecule has 368 valence electrons. The summed E-state index contributed by atoms with van der Waals surface area (Å²) in [5.41, 5.74) is -4.40. The smallest absolute Gasteiger partial charge is 0.325 e. The van der Waals surface area contributed by atoms with Crippen molar-refractivity contribution in [3.63, 3.8) is 0 Å². The number of carboxylic acids is 1. The lowest BCUT2D eigenvalue weighted by atomic mass is 9.74.